The topological polar surface area (TPSA) is 41.1 Å². The van der Waals surface area contributed by atoms with Crippen LogP contribution in [0.1, 0.15) is 0 Å². The Hall–Kier alpha value is -2.50. The highest BCUT2D eigenvalue weighted by Gasteiger charge is 2.12. The van der Waals surface area contributed by atoms with Crippen molar-refractivity contribution in [2.75, 3.05) is 17.2 Å². The summed E-state index contributed by atoms with van der Waals surface area (Å²) in [6.45, 7) is -0.311. The summed E-state index contributed by atoms with van der Waals surface area (Å²) in [7, 11) is 0. The highest BCUT2D eigenvalue weighted by Crippen LogP contribution is 2.18. The van der Waals surface area contributed by atoms with Crippen LogP contribution >= 0.6 is 0 Å². The van der Waals surface area contributed by atoms with Gasteiger partial charge in [-0.2, -0.15) is 0 Å². The van der Waals surface area contributed by atoms with Crippen LogP contribution in [0.15, 0.2) is 42.5 Å². The fraction of sp³-hybridized carbons (Fsp3) is 0.0714. The first-order valence-electron chi connectivity index (χ1n) is 5.80. The van der Waals surface area contributed by atoms with Gasteiger partial charge in [-0.25, -0.2) is 13.2 Å². The molecule has 104 valence electrons. The summed E-state index contributed by atoms with van der Waals surface area (Å²) in [6.07, 6.45) is 0. The third-order valence-electron chi connectivity index (χ3n) is 2.54. The Morgan fingerprint density at radius 3 is 2.15 bits per heavy atom. The van der Waals surface area contributed by atoms with Crippen LogP contribution in [-0.2, 0) is 4.79 Å². The molecule has 20 heavy (non-hydrogen) atoms. The van der Waals surface area contributed by atoms with Crippen molar-refractivity contribution in [3.05, 3.63) is 59.9 Å². The van der Waals surface area contributed by atoms with E-state index in [2.05, 4.69) is 10.6 Å². The number of anilines is 2. The average Bonchev–Trinajstić information content (AvgIpc) is 2.42. The van der Waals surface area contributed by atoms with E-state index in [0.717, 1.165) is 12.1 Å². The van der Waals surface area contributed by atoms with E-state index in [1.165, 1.54) is 24.3 Å². The second-order valence-electron chi connectivity index (χ2n) is 3.98. The molecule has 2 N–H and O–H groups in total. The number of rotatable bonds is 4. The van der Waals surface area contributed by atoms with Crippen molar-refractivity contribution in [1.82, 2.24) is 0 Å². The number of carbonyl (C=O) groups excluding carboxylic acids is 1. The van der Waals surface area contributed by atoms with Gasteiger partial charge < -0.3 is 10.6 Å². The van der Waals surface area contributed by atoms with Crippen molar-refractivity contribution in [2.45, 2.75) is 0 Å². The van der Waals surface area contributed by atoms with Gasteiger partial charge in [0.1, 0.15) is 23.1 Å². The van der Waals surface area contributed by atoms with Gasteiger partial charge in [0.15, 0.2) is 0 Å². The van der Waals surface area contributed by atoms with Crippen LogP contribution in [-0.4, -0.2) is 12.5 Å². The summed E-state index contributed by atoms with van der Waals surface area (Å²) < 4.78 is 39.9. The standard InChI is InChI=1S/C14H11F3N2O/c15-9-4-1-2-7-12(9)18-8-13(20)19-14-10(16)5-3-6-11(14)17/h1-7,18H,8H2,(H,19,20). The molecule has 0 atom stereocenters. The normalized spacial score (nSPS) is 10.2. The Balaban J connectivity index is 1.98. The minimum Gasteiger partial charge on any atom is -0.374 e. The smallest absolute Gasteiger partial charge is 0.243 e. The Morgan fingerprint density at radius 2 is 1.50 bits per heavy atom. The zero-order valence-electron chi connectivity index (χ0n) is 10.3. The molecule has 1 amide bonds. The van der Waals surface area contributed by atoms with E-state index < -0.39 is 29.0 Å². The van der Waals surface area contributed by atoms with E-state index in [1.807, 2.05) is 0 Å². The lowest BCUT2D eigenvalue weighted by Crippen LogP contribution is -2.23. The van der Waals surface area contributed by atoms with Gasteiger partial charge in [0.05, 0.1) is 12.2 Å². The van der Waals surface area contributed by atoms with Crippen molar-refractivity contribution >= 4 is 17.3 Å². The predicted molar refractivity (Wildman–Crippen MR) is 69.9 cm³/mol. The molecule has 3 nitrogen and oxygen atoms in total. The first-order valence-corrected chi connectivity index (χ1v) is 5.80. The molecule has 0 aromatic heterocycles. The lowest BCUT2D eigenvalue weighted by Gasteiger charge is -2.09. The minimum absolute atomic E-state index is 0.136. The molecule has 0 unspecified atom stereocenters. The van der Waals surface area contributed by atoms with Crippen LogP contribution in [0.5, 0.6) is 0 Å². The molecule has 0 saturated carbocycles. The van der Waals surface area contributed by atoms with E-state index in [1.54, 1.807) is 6.07 Å². The summed E-state index contributed by atoms with van der Waals surface area (Å²) in [6, 6.07) is 9.04. The summed E-state index contributed by atoms with van der Waals surface area (Å²) in [5, 5.41) is 4.63. The number of hydrogen-bond acceptors (Lipinski definition) is 2. The zero-order valence-corrected chi connectivity index (χ0v) is 10.3. The largest absolute Gasteiger partial charge is 0.374 e. The molecule has 2 rings (SSSR count). The lowest BCUT2D eigenvalue weighted by molar-refractivity contribution is -0.114. The number of nitrogens with one attached hydrogen (secondary N) is 2. The minimum atomic E-state index is -0.871. The van der Waals surface area contributed by atoms with Gasteiger partial charge in [0.25, 0.3) is 0 Å². The van der Waals surface area contributed by atoms with Crippen LogP contribution in [0.2, 0.25) is 0 Å². The van der Waals surface area contributed by atoms with E-state index in [-0.39, 0.29) is 12.2 Å². The molecule has 0 bridgehead atoms. The predicted octanol–water partition coefficient (Wildman–Crippen LogP) is 3.15. The molecule has 0 spiro atoms. The van der Waals surface area contributed by atoms with Crippen LogP contribution < -0.4 is 10.6 Å². The highest BCUT2D eigenvalue weighted by molar-refractivity contribution is 5.93. The second-order valence-corrected chi connectivity index (χ2v) is 3.98. The maximum atomic E-state index is 13.3. The van der Waals surface area contributed by atoms with Gasteiger partial charge in [-0.05, 0) is 24.3 Å². The van der Waals surface area contributed by atoms with Gasteiger partial charge >= 0.3 is 0 Å². The SMILES string of the molecule is O=C(CNc1ccccc1F)Nc1c(F)cccc1F. The first kappa shape index (κ1) is 13.9. The number of benzene rings is 2. The number of hydrogen-bond donors (Lipinski definition) is 2. The zero-order chi connectivity index (χ0) is 14.5. The number of amides is 1. The van der Waals surface area contributed by atoms with E-state index >= 15 is 0 Å². The average molecular weight is 280 g/mol. The van der Waals surface area contributed by atoms with E-state index in [4.69, 9.17) is 0 Å². The molecule has 0 aliphatic carbocycles. The Kier molecular flexibility index (Phi) is 4.24. The molecule has 0 aliphatic heterocycles. The van der Waals surface area contributed by atoms with Gasteiger partial charge in [-0.3, -0.25) is 4.79 Å². The maximum Gasteiger partial charge on any atom is 0.243 e. The van der Waals surface area contributed by atoms with Crippen LogP contribution in [0.25, 0.3) is 0 Å². The molecular weight excluding hydrogens is 269 g/mol. The van der Waals surface area contributed by atoms with Gasteiger partial charge in [-0.1, -0.05) is 18.2 Å². The Labute approximate surface area is 113 Å². The van der Waals surface area contributed by atoms with Crippen molar-refractivity contribution in [3.63, 3.8) is 0 Å². The molecule has 0 radical (unpaired) electrons. The number of halogens is 3. The second kappa shape index (κ2) is 6.10. The maximum absolute atomic E-state index is 13.3. The molecule has 0 saturated heterocycles. The molecule has 2 aromatic rings. The quantitative estimate of drug-likeness (QED) is 0.903. The Bertz CT molecular complexity index is 611. The van der Waals surface area contributed by atoms with E-state index in [9.17, 15) is 18.0 Å². The number of para-hydroxylation sites is 2. The molecule has 0 fully saturated rings. The number of carbonyl (C=O) groups is 1. The molecular formula is C14H11F3N2O. The third-order valence-corrected chi connectivity index (χ3v) is 2.54. The Morgan fingerprint density at radius 1 is 0.900 bits per heavy atom. The molecule has 0 aliphatic rings. The lowest BCUT2D eigenvalue weighted by atomic mass is 10.3. The van der Waals surface area contributed by atoms with Crippen molar-refractivity contribution in [2.24, 2.45) is 0 Å². The van der Waals surface area contributed by atoms with Crippen LogP contribution in [0.3, 0.4) is 0 Å². The summed E-state index contributed by atoms with van der Waals surface area (Å²) in [5.74, 6) is -2.94. The van der Waals surface area contributed by atoms with Crippen molar-refractivity contribution in [1.29, 1.82) is 0 Å². The fourth-order valence-corrected chi connectivity index (χ4v) is 1.58. The molecule has 0 heterocycles. The van der Waals surface area contributed by atoms with Crippen molar-refractivity contribution < 1.29 is 18.0 Å². The molecule has 2 aromatic carbocycles. The molecule has 6 heteroatoms. The summed E-state index contributed by atoms with van der Waals surface area (Å²) >= 11 is 0. The van der Waals surface area contributed by atoms with Crippen LogP contribution in [0, 0.1) is 17.5 Å². The monoisotopic (exact) mass is 280 g/mol. The fourth-order valence-electron chi connectivity index (χ4n) is 1.58. The van der Waals surface area contributed by atoms with Gasteiger partial charge in [0, 0.05) is 0 Å². The summed E-state index contributed by atoms with van der Waals surface area (Å²) in [4.78, 5) is 11.6. The van der Waals surface area contributed by atoms with E-state index in [0.29, 0.717) is 0 Å². The third kappa shape index (κ3) is 3.28. The van der Waals surface area contributed by atoms with Gasteiger partial charge in [-0.15, -0.1) is 0 Å². The van der Waals surface area contributed by atoms with Gasteiger partial charge in [0.2, 0.25) is 5.91 Å². The van der Waals surface area contributed by atoms with Crippen molar-refractivity contribution in [3.8, 4) is 0 Å². The highest BCUT2D eigenvalue weighted by atomic mass is 19.1. The summed E-state index contributed by atoms with van der Waals surface area (Å²) in [5.41, 5.74) is -0.385. The van der Waals surface area contributed by atoms with Crippen LogP contribution in [0.4, 0.5) is 24.5 Å². The first-order chi connectivity index (χ1) is 9.58.